The van der Waals surface area contributed by atoms with Crippen LogP contribution >= 0.6 is 22.7 Å². The minimum Gasteiger partial charge on any atom is -0.318 e. The number of aryl methyl sites for hydroxylation is 4. The molecule has 0 bridgehead atoms. The molecule has 0 aliphatic carbocycles. The topological polar surface area (TPSA) is 42.3 Å². The summed E-state index contributed by atoms with van der Waals surface area (Å²) in [5, 5.41) is 9.44. The Morgan fingerprint density at radius 3 is 1.80 bits per heavy atom. The van der Waals surface area contributed by atoms with E-state index in [4.69, 9.17) is 5.10 Å². The van der Waals surface area contributed by atoms with Crippen LogP contribution in [0.5, 0.6) is 0 Å². The van der Waals surface area contributed by atoms with E-state index in [2.05, 4.69) is 135 Å². The summed E-state index contributed by atoms with van der Waals surface area (Å²) in [5.74, 6) is 0. The molecule has 0 unspecified atom stereocenters. The highest BCUT2D eigenvalue weighted by Crippen LogP contribution is 2.19. The van der Waals surface area contributed by atoms with Crippen molar-refractivity contribution in [3.05, 3.63) is 107 Å². The molecule has 0 saturated carbocycles. The largest absolute Gasteiger partial charge is 0.318 e. The average molecular weight is 581 g/mol. The highest BCUT2D eigenvalue weighted by atomic mass is 32.1. The second-order valence-corrected chi connectivity index (χ2v) is 12.3. The van der Waals surface area contributed by atoms with E-state index < -0.39 is 0 Å². The van der Waals surface area contributed by atoms with Crippen molar-refractivity contribution >= 4 is 43.1 Å². The predicted molar refractivity (Wildman–Crippen MR) is 168 cm³/mol. The molecule has 4 aromatic heterocycles. The lowest BCUT2D eigenvalue weighted by atomic mass is 10.1. The van der Waals surface area contributed by atoms with E-state index in [-0.39, 0.29) is 0 Å². The van der Waals surface area contributed by atoms with Gasteiger partial charge in [-0.15, -0.1) is 10.2 Å². The quantitative estimate of drug-likeness (QED) is 0.105. The highest BCUT2D eigenvalue weighted by Gasteiger charge is 2.09. The van der Waals surface area contributed by atoms with Crippen LogP contribution in [0.1, 0.15) is 32.6 Å². The standard InChI is InChI=1S/C33H36N6S2/c1-3-4-19-37-22-15-26(16-23-37)27-17-24-38(25-18-27)20-9-10-21-39-29-12-6-8-14-31(29)41-33(39)35-34-32-36(2)28-11-5-7-13-30(28)40-32/h5-8,11-18,22-25H,3-4,9-10,19-21H2,1-2H3/q+2/b34-32+,35-33-. The van der Waals surface area contributed by atoms with E-state index in [1.54, 1.807) is 22.7 Å². The normalized spacial score (nSPS) is 12.6. The molecule has 6 nitrogen and oxygen atoms in total. The van der Waals surface area contributed by atoms with Gasteiger partial charge < -0.3 is 9.13 Å². The van der Waals surface area contributed by atoms with Gasteiger partial charge in [0.25, 0.3) is 0 Å². The molecule has 2 aromatic carbocycles. The lowest BCUT2D eigenvalue weighted by molar-refractivity contribution is -0.697. The van der Waals surface area contributed by atoms with E-state index in [9.17, 15) is 0 Å². The third kappa shape index (κ3) is 6.24. The first-order chi connectivity index (χ1) is 20.2. The monoisotopic (exact) mass is 580 g/mol. The molecule has 41 heavy (non-hydrogen) atoms. The molecule has 0 amide bonds. The molecule has 0 atom stereocenters. The maximum absolute atomic E-state index is 4.75. The fourth-order valence-corrected chi connectivity index (χ4v) is 7.06. The smallest absolute Gasteiger partial charge is 0.211 e. The Hall–Kier alpha value is -3.88. The molecule has 0 saturated heterocycles. The molecule has 6 aromatic rings. The number of hydrogen-bond donors (Lipinski definition) is 0. The number of hydrogen-bond acceptors (Lipinski definition) is 4. The summed E-state index contributed by atoms with van der Waals surface area (Å²) in [6.45, 7) is 5.22. The molecular formula is C33H36N6S2+2. The van der Waals surface area contributed by atoms with Gasteiger partial charge in [-0.2, -0.15) is 0 Å². The van der Waals surface area contributed by atoms with E-state index in [0.29, 0.717) is 0 Å². The van der Waals surface area contributed by atoms with E-state index >= 15 is 0 Å². The molecule has 0 spiro atoms. The van der Waals surface area contributed by atoms with Gasteiger partial charge in [-0.05, 0) is 41.8 Å². The van der Waals surface area contributed by atoms with Crippen LogP contribution in [0.25, 0.3) is 31.6 Å². The Labute approximate surface area is 248 Å². The van der Waals surface area contributed by atoms with Gasteiger partial charge in [0.15, 0.2) is 24.8 Å². The van der Waals surface area contributed by atoms with Crippen molar-refractivity contribution in [3.63, 3.8) is 0 Å². The summed E-state index contributed by atoms with van der Waals surface area (Å²) < 4.78 is 11.5. The Morgan fingerprint density at radius 1 is 0.634 bits per heavy atom. The molecule has 0 radical (unpaired) electrons. The summed E-state index contributed by atoms with van der Waals surface area (Å²) in [4.78, 5) is 1.85. The first-order valence-corrected chi connectivity index (χ1v) is 16.0. The maximum atomic E-state index is 4.75. The Balaban J connectivity index is 1.14. The average Bonchev–Trinajstić information content (AvgIpc) is 3.54. The van der Waals surface area contributed by atoms with Crippen LogP contribution in [0.2, 0.25) is 0 Å². The number of para-hydroxylation sites is 2. The Morgan fingerprint density at radius 2 is 1.17 bits per heavy atom. The number of benzene rings is 2. The van der Waals surface area contributed by atoms with Gasteiger partial charge in [-0.3, -0.25) is 0 Å². The number of nitrogens with zero attached hydrogens (tertiary/aromatic N) is 6. The molecule has 0 fully saturated rings. The summed E-state index contributed by atoms with van der Waals surface area (Å²) in [6, 6.07) is 25.8. The zero-order valence-corrected chi connectivity index (χ0v) is 25.3. The van der Waals surface area contributed by atoms with Crippen molar-refractivity contribution in [2.75, 3.05) is 0 Å². The third-order valence-electron chi connectivity index (χ3n) is 7.46. The molecule has 0 aliphatic heterocycles. The van der Waals surface area contributed by atoms with Crippen LogP contribution in [0.3, 0.4) is 0 Å². The molecule has 4 heterocycles. The van der Waals surface area contributed by atoms with Crippen LogP contribution in [0.15, 0.2) is 108 Å². The summed E-state index contributed by atoms with van der Waals surface area (Å²) in [5.41, 5.74) is 4.92. The van der Waals surface area contributed by atoms with Gasteiger partial charge in [-0.25, -0.2) is 9.13 Å². The minimum absolute atomic E-state index is 0.904. The highest BCUT2D eigenvalue weighted by molar-refractivity contribution is 7.16. The first kappa shape index (κ1) is 27.3. The molecule has 6 rings (SSSR count). The summed E-state index contributed by atoms with van der Waals surface area (Å²) in [6.07, 6.45) is 13.4. The number of rotatable bonds is 10. The van der Waals surface area contributed by atoms with Gasteiger partial charge in [0.1, 0.15) is 13.1 Å². The fourth-order valence-electron chi connectivity index (χ4n) is 5.08. The van der Waals surface area contributed by atoms with Crippen molar-refractivity contribution in [3.8, 4) is 11.1 Å². The molecule has 0 aliphatic rings. The number of thiazole rings is 2. The summed E-state index contributed by atoms with van der Waals surface area (Å²) >= 11 is 3.38. The number of pyridine rings is 2. The van der Waals surface area contributed by atoms with Gasteiger partial charge in [0.2, 0.25) is 9.60 Å². The van der Waals surface area contributed by atoms with Crippen LogP contribution < -0.4 is 18.7 Å². The van der Waals surface area contributed by atoms with Gasteiger partial charge in [0, 0.05) is 50.7 Å². The predicted octanol–water partition coefficient (Wildman–Crippen LogP) is 6.20. The molecule has 8 heteroatoms. The van der Waals surface area contributed by atoms with Crippen LogP contribution in [0, 0.1) is 0 Å². The minimum atomic E-state index is 0.904. The van der Waals surface area contributed by atoms with Gasteiger partial charge in [-0.1, -0.05) is 60.3 Å². The lowest BCUT2D eigenvalue weighted by Crippen LogP contribution is -2.33. The molecule has 0 N–H and O–H groups in total. The maximum Gasteiger partial charge on any atom is 0.211 e. The van der Waals surface area contributed by atoms with Crippen LogP contribution in [0.4, 0.5) is 0 Å². The van der Waals surface area contributed by atoms with Crippen LogP contribution in [-0.4, -0.2) is 9.13 Å². The number of unbranched alkanes of at least 4 members (excludes halogenated alkanes) is 2. The first-order valence-electron chi connectivity index (χ1n) is 14.4. The second kappa shape index (κ2) is 12.7. The van der Waals surface area contributed by atoms with Crippen molar-refractivity contribution in [2.45, 2.75) is 52.2 Å². The Bertz CT molecular complexity index is 1890. The third-order valence-corrected chi connectivity index (χ3v) is 9.61. The van der Waals surface area contributed by atoms with Gasteiger partial charge in [0.05, 0.1) is 20.4 Å². The number of aromatic nitrogens is 4. The lowest BCUT2D eigenvalue weighted by Gasteiger charge is -2.04. The zero-order valence-electron chi connectivity index (χ0n) is 23.7. The van der Waals surface area contributed by atoms with Crippen LogP contribution in [-0.2, 0) is 26.7 Å². The van der Waals surface area contributed by atoms with E-state index in [1.807, 2.05) is 0 Å². The fraction of sp³-hybridized carbons (Fsp3) is 0.273. The summed E-state index contributed by atoms with van der Waals surface area (Å²) in [7, 11) is 2.06. The van der Waals surface area contributed by atoms with Gasteiger partial charge >= 0.3 is 0 Å². The second-order valence-electron chi connectivity index (χ2n) is 10.3. The SMILES string of the molecule is CCCC[n+]1ccc(-c2cc[n+](CCCCn3/c(=N/N=c4/sc5ccccc5n4C)sc4ccccc43)cc2)cc1. The molecular weight excluding hydrogens is 545 g/mol. The van der Waals surface area contributed by atoms with Crippen molar-refractivity contribution < 1.29 is 9.13 Å². The zero-order chi connectivity index (χ0) is 28.0. The van der Waals surface area contributed by atoms with Crippen molar-refractivity contribution in [1.82, 2.24) is 9.13 Å². The van der Waals surface area contributed by atoms with Crippen molar-refractivity contribution in [1.29, 1.82) is 0 Å². The molecule has 208 valence electrons. The van der Waals surface area contributed by atoms with E-state index in [0.717, 1.165) is 42.1 Å². The van der Waals surface area contributed by atoms with E-state index in [1.165, 1.54) is 44.4 Å². The van der Waals surface area contributed by atoms with Crippen molar-refractivity contribution in [2.24, 2.45) is 17.3 Å². The Kier molecular flexibility index (Phi) is 8.49. The number of fused-ring (bicyclic) bond motifs is 2.